The third-order valence-electron chi connectivity index (χ3n) is 5.52. The summed E-state index contributed by atoms with van der Waals surface area (Å²) in [5, 5.41) is 10.8. The average Bonchev–Trinajstić information content (AvgIpc) is 3.14. The smallest absolute Gasteiger partial charge is 0.309 e. The molecule has 1 aromatic carbocycles. The van der Waals surface area contributed by atoms with Crippen molar-refractivity contribution in [1.29, 1.82) is 0 Å². The van der Waals surface area contributed by atoms with Crippen LogP contribution in [0.5, 0.6) is 0 Å². The molecule has 2 aliphatic rings. The van der Waals surface area contributed by atoms with Crippen LogP contribution < -0.4 is 0 Å². The second-order valence-electron chi connectivity index (χ2n) is 6.82. The maximum absolute atomic E-state index is 12.9. The van der Waals surface area contributed by atoms with Crippen LogP contribution in [0.2, 0.25) is 0 Å². The van der Waals surface area contributed by atoms with Gasteiger partial charge in [0.15, 0.2) is 5.69 Å². The third-order valence-corrected chi connectivity index (χ3v) is 5.52. The Labute approximate surface area is 145 Å². The zero-order valence-electron chi connectivity index (χ0n) is 14.1. The maximum Gasteiger partial charge on any atom is 0.309 e. The highest BCUT2D eigenvalue weighted by Gasteiger charge is 2.59. The number of hydrogen-bond acceptors (Lipinski definition) is 5. The van der Waals surface area contributed by atoms with Crippen molar-refractivity contribution in [2.45, 2.75) is 19.3 Å². The van der Waals surface area contributed by atoms with Gasteiger partial charge in [0.2, 0.25) is 0 Å². The summed E-state index contributed by atoms with van der Waals surface area (Å²) in [6.45, 7) is 1.26. The number of H-pyrrole nitrogens is 1. The van der Waals surface area contributed by atoms with Crippen LogP contribution in [0.4, 0.5) is 0 Å². The number of rotatable bonds is 3. The molecule has 7 nitrogen and oxygen atoms in total. The highest BCUT2D eigenvalue weighted by Crippen LogP contribution is 2.59. The van der Waals surface area contributed by atoms with Crippen molar-refractivity contribution < 1.29 is 14.3 Å². The predicted molar refractivity (Wildman–Crippen MR) is 89.5 cm³/mol. The van der Waals surface area contributed by atoms with Crippen LogP contribution in [0.15, 0.2) is 30.3 Å². The number of carbonyl (C=O) groups excluding carboxylic acids is 2. The van der Waals surface area contributed by atoms with Crippen molar-refractivity contribution >= 4 is 11.9 Å². The molecule has 1 aliphatic heterocycles. The lowest BCUT2D eigenvalue weighted by atomic mass is 9.90. The van der Waals surface area contributed by atoms with Gasteiger partial charge in [-0.1, -0.05) is 30.3 Å². The van der Waals surface area contributed by atoms with Gasteiger partial charge in [0.05, 0.1) is 13.0 Å². The first kappa shape index (κ1) is 15.8. The van der Waals surface area contributed by atoms with E-state index in [-0.39, 0.29) is 23.2 Å². The zero-order valence-corrected chi connectivity index (χ0v) is 14.1. The highest BCUT2D eigenvalue weighted by atomic mass is 16.5. The van der Waals surface area contributed by atoms with Crippen LogP contribution in [-0.4, -0.2) is 52.4 Å². The highest BCUT2D eigenvalue weighted by molar-refractivity contribution is 5.98. The van der Waals surface area contributed by atoms with E-state index in [4.69, 9.17) is 4.74 Å². The Hall–Kier alpha value is -2.70. The van der Waals surface area contributed by atoms with E-state index in [0.29, 0.717) is 24.5 Å². The summed E-state index contributed by atoms with van der Waals surface area (Å²) in [5.74, 6) is -0.234. The number of piperidine rings is 1. The molecule has 2 heterocycles. The summed E-state index contributed by atoms with van der Waals surface area (Å²) < 4.78 is 4.86. The minimum Gasteiger partial charge on any atom is -0.469 e. The molecule has 0 unspecified atom stereocenters. The fourth-order valence-electron chi connectivity index (χ4n) is 3.86. The van der Waals surface area contributed by atoms with Crippen molar-refractivity contribution in [3.63, 3.8) is 0 Å². The van der Waals surface area contributed by atoms with Crippen LogP contribution in [-0.2, 0) is 9.53 Å². The SMILES string of the molecule is COC(=O)[C@H]1CC12CCN(C(=O)c1n[nH]nc1-c1ccccc1)CC2. The number of esters is 1. The summed E-state index contributed by atoms with van der Waals surface area (Å²) in [7, 11) is 1.43. The molecule has 25 heavy (non-hydrogen) atoms. The van der Waals surface area contributed by atoms with Gasteiger partial charge in [0.1, 0.15) is 5.69 Å². The standard InChI is InChI=1S/C18H20N4O3/c1-25-17(24)13-11-18(13)7-9-22(10-8-18)16(23)15-14(19-21-20-15)12-5-3-2-4-6-12/h2-6,13H,7-11H2,1H3,(H,19,20,21)/t13-/m1/s1. The van der Waals surface area contributed by atoms with Crippen molar-refractivity contribution in [1.82, 2.24) is 20.3 Å². The van der Waals surface area contributed by atoms with E-state index in [9.17, 15) is 9.59 Å². The number of aromatic nitrogens is 3. The lowest BCUT2D eigenvalue weighted by Gasteiger charge is -2.32. The van der Waals surface area contributed by atoms with Crippen molar-refractivity contribution in [2.75, 3.05) is 20.2 Å². The number of hydrogen-bond donors (Lipinski definition) is 1. The van der Waals surface area contributed by atoms with E-state index in [0.717, 1.165) is 24.8 Å². The Kier molecular flexibility index (Phi) is 3.78. The molecule has 1 aromatic heterocycles. The molecule has 1 atom stereocenters. The molecule has 1 aliphatic carbocycles. The van der Waals surface area contributed by atoms with Crippen LogP contribution in [0, 0.1) is 11.3 Å². The predicted octanol–water partition coefficient (Wildman–Crippen LogP) is 1.89. The summed E-state index contributed by atoms with van der Waals surface area (Å²) in [6, 6.07) is 9.55. The van der Waals surface area contributed by atoms with E-state index in [1.54, 1.807) is 0 Å². The number of carbonyl (C=O) groups is 2. The van der Waals surface area contributed by atoms with E-state index >= 15 is 0 Å². The lowest BCUT2D eigenvalue weighted by molar-refractivity contribution is -0.143. The minimum absolute atomic E-state index is 0.00156. The first-order valence-corrected chi connectivity index (χ1v) is 8.48. The van der Waals surface area contributed by atoms with Gasteiger partial charge in [0.25, 0.3) is 5.91 Å². The largest absolute Gasteiger partial charge is 0.469 e. The van der Waals surface area contributed by atoms with Gasteiger partial charge < -0.3 is 9.64 Å². The molecule has 0 radical (unpaired) electrons. The second-order valence-corrected chi connectivity index (χ2v) is 6.82. The van der Waals surface area contributed by atoms with Gasteiger partial charge in [-0.15, -0.1) is 0 Å². The summed E-state index contributed by atoms with van der Waals surface area (Å²) in [5.41, 5.74) is 1.82. The number of ether oxygens (including phenoxy) is 1. The van der Waals surface area contributed by atoms with Crippen molar-refractivity contribution in [3.8, 4) is 11.3 Å². The number of methoxy groups -OCH3 is 1. The van der Waals surface area contributed by atoms with E-state index in [1.807, 2.05) is 35.2 Å². The molecule has 1 amide bonds. The summed E-state index contributed by atoms with van der Waals surface area (Å²) in [4.78, 5) is 26.4. The van der Waals surface area contributed by atoms with Gasteiger partial charge in [-0.2, -0.15) is 15.4 Å². The monoisotopic (exact) mass is 340 g/mol. The van der Waals surface area contributed by atoms with Gasteiger partial charge >= 0.3 is 5.97 Å². The Morgan fingerprint density at radius 1 is 1.20 bits per heavy atom. The van der Waals surface area contributed by atoms with Crippen LogP contribution >= 0.6 is 0 Å². The number of amides is 1. The van der Waals surface area contributed by atoms with Crippen molar-refractivity contribution in [2.24, 2.45) is 11.3 Å². The zero-order chi connectivity index (χ0) is 17.4. The van der Waals surface area contributed by atoms with E-state index < -0.39 is 0 Å². The first-order chi connectivity index (χ1) is 12.1. The molecule has 4 rings (SSSR count). The van der Waals surface area contributed by atoms with Crippen LogP contribution in [0.1, 0.15) is 29.8 Å². The molecule has 1 saturated heterocycles. The molecule has 2 fully saturated rings. The molecule has 1 N–H and O–H groups in total. The molecule has 0 bridgehead atoms. The minimum atomic E-state index is -0.123. The third kappa shape index (κ3) is 2.69. The number of nitrogens with one attached hydrogen (secondary N) is 1. The van der Waals surface area contributed by atoms with E-state index in [2.05, 4.69) is 15.4 Å². The Bertz CT molecular complexity index is 794. The average molecular weight is 340 g/mol. The molecule has 2 aromatic rings. The Balaban J connectivity index is 1.46. The fraction of sp³-hybridized carbons (Fsp3) is 0.444. The van der Waals surface area contributed by atoms with Gasteiger partial charge in [-0.25, -0.2) is 0 Å². The Morgan fingerprint density at radius 3 is 2.60 bits per heavy atom. The normalized spacial score (nSPS) is 21.2. The van der Waals surface area contributed by atoms with E-state index in [1.165, 1.54) is 7.11 Å². The summed E-state index contributed by atoms with van der Waals surface area (Å²) >= 11 is 0. The molecule has 1 saturated carbocycles. The molecule has 1 spiro atoms. The quantitative estimate of drug-likeness (QED) is 0.862. The van der Waals surface area contributed by atoms with Crippen molar-refractivity contribution in [3.05, 3.63) is 36.0 Å². The Morgan fingerprint density at radius 2 is 1.92 bits per heavy atom. The molecular weight excluding hydrogens is 320 g/mol. The molecular formula is C18H20N4O3. The number of aromatic amines is 1. The topological polar surface area (TPSA) is 88.2 Å². The van der Waals surface area contributed by atoms with Gasteiger partial charge in [-0.05, 0) is 24.7 Å². The summed E-state index contributed by atoms with van der Waals surface area (Å²) in [6.07, 6.45) is 2.54. The van der Waals surface area contributed by atoms with Gasteiger partial charge in [0, 0.05) is 18.7 Å². The molecule has 7 heteroatoms. The van der Waals surface area contributed by atoms with Crippen LogP contribution in [0.25, 0.3) is 11.3 Å². The maximum atomic E-state index is 12.9. The lowest BCUT2D eigenvalue weighted by Crippen LogP contribution is -2.40. The number of benzene rings is 1. The van der Waals surface area contributed by atoms with Gasteiger partial charge in [-0.3, -0.25) is 9.59 Å². The number of nitrogens with zero attached hydrogens (tertiary/aromatic N) is 3. The number of likely N-dealkylation sites (tertiary alicyclic amines) is 1. The molecule has 130 valence electrons. The second kappa shape index (κ2) is 5.98. The van der Waals surface area contributed by atoms with Crippen LogP contribution in [0.3, 0.4) is 0 Å². The fourth-order valence-corrected chi connectivity index (χ4v) is 3.86. The first-order valence-electron chi connectivity index (χ1n) is 8.48.